The molecule has 0 amide bonds. The van der Waals surface area contributed by atoms with E-state index in [1.807, 2.05) is 6.07 Å². The highest BCUT2D eigenvalue weighted by molar-refractivity contribution is 6.31. The third-order valence-corrected chi connectivity index (χ3v) is 5.37. The molecule has 1 fully saturated rings. The molecule has 0 aliphatic carbocycles. The normalized spacial score (nSPS) is 22.4. The Kier molecular flexibility index (Phi) is 5.64. The Bertz CT molecular complexity index is 474. The summed E-state index contributed by atoms with van der Waals surface area (Å²) in [4.78, 5) is 2.54. The van der Waals surface area contributed by atoms with E-state index in [9.17, 15) is 4.39 Å². The second kappa shape index (κ2) is 7.08. The maximum atomic E-state index is 13.2. The summed E-state index contributed by atoms with van der Waals surface area (Å²) in [7, 11) is 0. The summed E-state index contributed by atoms with van der Waals surface area (Å²) in [5, 5.41) is 4.20. The van der Waals surface area contributed by atoms with E-state index >= 15 is 0 Å². The molecular formula is C17H26ClFN2. The molecule has 1 N–H and O–H groups in total. The molecular weight excluding hydrogens is 287 g/mol. The number of rotatable bonds is 5. The summed E-state index contributed by atoms with van der Waals surface area (Å²) in [6.45, 7) is 9.53. The van der Waals surface area contributed by atoms with Gasteiger partial charge in [0.1, 0.15) is 5.82 Å². The highest BCUT2D eigenvalue weighted by atomic mass is 35.5. The molecule has 0 spiro atoms. The van der Waals surface area contributed by atoms with Crippen molar-refractivity contribution in [1.82, 2.24) is 10.2 Å². The van der Waals surface area contributed by atoms with E-state index in [0.717, 1.165) is 44.5 Å². The Morgan fingerprint density at radius 1 is 1.33 bits per heavy atom. The topological polar surface area (TPSA) is 15.3 Å². The third kappa shape index (κ3) is 3.58. The van der Waals surface area contributed by atoms with E-state index < -0.39 is 0 Å². The van der Waals surface area contributed by atoms with Crippen molar-refractivity contribution in [3.63, 3.8) is 0 Å². The zero-order valence-electron chi connectivity index (χ0n) is 13.3. The Hall–Kier alpha value is -0.640. The first-order chi connectivity index (χ1) is 10.0. The van der Waals surface area contributed by atoms with Crippen LogP contribution in [0.2, 0.25) is 5.02 Å². The summed E-state index contributed by atoms with van der Waals surface area (Å²) >= 11 is 6.22. The van der Waals surface area contributed by atoms with Crippen molar-refractivity contribution in [2.24, 2.45) is 0 Å². The highest BCUT2D eigenvalue weighted by Gasteiger charge is 2.38. The number of piperazine rings is 1. The first-order valence-corrected chi connectivity index (χ1v) is 8.34. The first-order valence-electron chi connectivity index (χ1n) is 7.97. The zero-order chi connectivity index (χ0) is 15.5. The fourth-order valence-electron chi connectivity index (χ4n) is 3.28. The number of benzene rings is 1. The number of nitrogens with one attached hydrogen (secondary N) is 1. The van der Waals surface area contributed by atoms with Crippen molar-refractivity contribution < 1.29 is 4.39 Å². The standard InChI is InChI=1S/C17H26ClFN2/c1-4-15-11-21(17(5-2,6-3)12-20-15)10-13-7-8-14(19)9-16(13)18/h7-9,15,20H,4-6,10-12H2,1-3H3. The number of nitrogens with zero attached hydrogens (tertiary/aromatic N) is 1. The van der Waals surface area contributed by atoms with Gasteiger partial charge in [-0.25, -0.2) is 4.39 Å². The van der Waals surface area contributed by atoms with Crippen LogP contribution in [0.25, 0.3) is 0 Å². The van der Waals surface area contributed by atoms with Gasteiger partial charge in [0.25, 0.3) is 0 Å². The molecule has 2 rings (SSSR count). The maximum absolute atomic E-state index is 13.2. The fraction of sp³-hybridized carbons (Fsp3) is 0.647. The first kappa shape index (κ1) is 16.7. The van der Waals surface area contributed by atoms with Gasteiger partial charge in [-0.1, -0.05) is 38.4 Å². The highest BCUT2D eigenvalue weighted by Crippen LogP contribution is 2.31. The van der Waals surface area contributed by atoms with Crippen LogP contribution in [0.5, 0.6) is 0 Å². The quantitative estimate of drug-likeness (QED) is 0.875. The molecule has 1 atom stereocenters. The van der Waals surface area contributed by atoms with E-state index in [1.165, 1.54) is 12.1 Å². The Morgan fingerprint density at radius 3 is 2.62 bits per heavy atom. The van der Waals surface area contributed by atoms with Crippen LogP contribution in [0, 0.1) is 5.82 Å². The summed E-state index contributed by atoms with van der Waals surface area (Å²) in [6.07, 6.45) is 3.33. The molecule has 2 nitrogen and oxygen atoms in total. The van der Waals surface area contributed by atoms with Crippen LogP contribution >= 0.6 is 11.6 Å². The molecule has 1 aromatic rings. The van der Waals surface area contributed by atoms with E-state index in [4.69, 9.17) is 11.6 Å². The van der Waals surface area contributed by atoms with Gasteiger partial charge in [0.15, 0.2) is 0 Å². The van der Waals surface area contributed by atoms with Crippen LogP contribution < -0.4 is 5.32 Å². The lowest BCUT2D eigenvalue weighted by Crippen LogP contribution is -2.63. The van der Waals surface area contributed by atoms with Crippen molar-refractivity contribution in [1.29, 1.82) is 0 Å². The van der Waals surface area contributed by atoms with Crippen LogP contribution in [-0.2, 0) is 6.54 Å². The van der Waals surface area contributed by atoms with Crippen molar-refractivity contribution in [3.05, 3.63) is 34.6 Å². The van der Waals surface area contributed by atoms with Crippen molar-refractivity contribution >= 4 is 11.6 Å². The predicted molar refractivity (Wildman–Crippen MR) is 87.2 cm³/mol. The lowest BCUT2D eigenvalue weighted by molar-refractivity contribution is 0.0238. The van der Waals surface area contributed by atoms with Gasteiger partial charge < -0.3 is 5.32 Å². The number of hydrogen-bond donors (Lipinski definition) is 1. The van der Waals surface area contributed by atoms with Crippen molar-refractivity contribution in [2.75, 3.05) is 13.1 Å². The van der Waals surface area contributed by atoms with Crippen molar-refractivity contribution in [3.8, 4) is 0 Å². The average Bonchev–Trinajstić information content (AvgIpc) is 2.50. The predicted octanol–water partition coefficient (Wildman–Crippen LogP) is 4.22. The van der Waals surface area contributed by atoms with E-state index in [-0.39, 0.29) is 11.4 Å². The number of halogens is 2. The van der Waals surface area contributed by atoms with Crippen LogP contribution in [0.3, 0.4) is 0 Å². The van der Waals surface area contributed by atoms with Crippen LogP contribution in [0.4, 0.5) is 4.39 Å². The molecule has 0 bridgehead atoms. The molecule has 1 aliphatic heterocycles. The lowest BCUT2D eigenvalue weighted by Gasteiger charge is -2.50. The molecule has 21 heavy (non-hydrogen) atoms. The van der Waals surface area contributed by atoms with Gasteiger partial charge in [-0.2, -0.15) is 0 Å². The van der Waals surface area contributed by atoms with Gasteiger partial charge in [-0.3, -0.25) is 4.90 Å². The van der Waals surface area contributed by atoms with Gasteiger partial charge in [0.05, 0.1) is 0 Å². The number of hydrogen-bond acceptors (Lipinski definition) is 2. The van der Waals surface area contributed by atoms with Crippen LogP contribution in [-0.4, -0.2) is 29.6 Å². The summed E-state index contributed by atoms with van der Waals surface area (Å²) in [5.41, 5.74) is 1.18. The van der Waals surface area contributed by atoms with Crippen molar-refractivity contribution in [2.45, 2.75) is 58.2 Å². The minimum Gasteiger partial charge on any atom is -0.311 e. The second-order valence-corrected chi connectivity index (χ2v) is 6.44. The van der Waals surface area contributed by atoms with Gasteiger partial charge in [-0.15, -0.1) is 0 Å². The second-order valence-electron chi connectivity index (χ2n) is 6.03. The van der Waals surface area contributed by atoms with Crippen LogP contribution in [0.15, 0.2) is 18.2 Å². The van der Waals surface area contributed by atoms with Crippen LogP contribution in [0.1, 0.15) is 45.6 Å². The average molecular weight is 313 g/mol. The molecule has 0 saturated carbocycles. The Balaban J connectivity index is 2.23. The monoisotopic (exact) mass is 312 g/mol. The SMILES string of the molecule is CCC1CN(Cc2ccc(F)cc2Cl)C(CC)(CC)CN1. The fourth-order valence-corrected chi connectivity index (χ4v) is 3.51. The molecule has 118 valence electrons. The Morgan fingerprint density at radius 2 is 2.05 bits per heavy atom. The molecule has 1 saturated heterocycles. The zero-order valence-corrected chi connectivity index (χ0v) is 14.0. The minimum atomic E-state index is -0.271. The third-order valence-electron chi connectivity index (χ3n) is 5.02. The molecule has 4 heteroatoms. The van der Waals surface area contributed by atoms with Gasteiger partial charge in [-0.05, 0) is 37.0 Å². The Labute approximate surface area is 132 Å². The van der Waals surface area contributed by atoms with E-state index in [1.54, 1.807) is 0 Å². The van der Waals surface area contributed by atoms with Gasteiger partial charge in [0.2, 0.25) is 0 Å². The largest absolute Gasteiger partial charge is 0.311 e. The summed E-state index contributed by atoms with van der Waals surface area (Å²) in [6, 6.07) is 5.25. The summed E-state index contributed by atoms with van der Waals surface area (Å²) in [5.74, 6) is -0.271. The molecule has 1 heterocycles. The molecule has 0 aromatic heterocycles. The molecule has 1 aromatic carbocycles. The molecule has 0 radical (unpaired) electrons. The maximum Gasteiger partial charge on any atom is 0.124 e. The van der Waals surface area contributed by atoms with E-state index in [2.05, 4.69) is 31.0 Å². The molecule has 1 unspecified atom stereocenters. The van der Waals surface area contributed by atoms with Gasteiger partial charge in [0, 0.05) is 36.2 Å². The van der Waals surface area contributed by atoms with Gasteiger partial charge >= 0.3 is 0 Å². The minimum absolute atomic E-state index is 0.170. The smallest absolute Gasteiger partial charge is 0.124 e. The van der Waals surface area contributed by atoms with E-state index in [0.29, 0.717) is 11.1 Å². The lowest BCUT2D eigenvalue weighted by atomic mass is 9.86. The molecule has 1 aliphatic rings. The summed E-state index contributed by atoms with van der Waals surface area (Å²) < 4.78 is 13.2.